The molecule has 3 aromatic rings. The minimum absolute atomic E-state index is 0.111. The summed E-state index contributed by atoms with van der Waals surface area (Å²) in [5, 5.41) is 11.6. The number of primary amides is 1. The van der Waals surface area contributed by atoms with E-state index in [1.54, 1.807) is 13.2 Å². The van der Waals surface area contributed by atoms with Gasteiger partial charge in [0.2, 0.25) is 5.91 Å². The minimum Gasteiger partial charge on any atom is -0.497 e. The van der Waals surface area contributed by atoms with E-state index >= 15 is 0 Å². The van der Waals surface area contributed by atoms with Gasteiger partial charge in [-0.3, -0.25) is 14.9 Å². The molecule has 0 unspecified atom stereocenters. The maximum Gasteiger partial charge on any atom is 0.275 e. The summed E-state index contributed by atoms with van der Waals surface area (Å²) in [6.45, 7) is 0.846. The van der Waals surface area contributed by atoms with Gasteiger partial charge in [-0.1, -0.05) is 30.3 Å². The molecule has 0 aliphatic carbocycles. The number of nitrogens with two attached hydrogens (primary N) is 1. The third kappa shape index (κ3) is 4.90. The zero-order chi connectivity index (χ0) is 20.8. The first-order valence-electron chi connectivity index (χ1n) is 8.98. The molecule has 0 aliphatic heterocycles. The molecule has 3 aromatic carbocycles. The summed E-state index contributed by atoms with van der Waals surface area (Å²) in [5.74, 6) is 0.0288. The number of nitro benzene ring substituents is 1. The largest absolute Gasteiger partial charge is 0.497 e. The van der Waals surface area contributed by atoms with Crippen molar-refractivity contribution in [1.82, 2.24) is 0 Å². The number of carbonyl (C=O) groups is 1. The van der Waals surface area contributed by atoms with Crippen molar-refractivity contribution in [1.29, 1.82) is 0 Å². The van der Waals surface area contributed by atoms with Crippen LogP contribution >= 0.6 is 0 Å². The lowest BCUT2D eigenvalue weighted by Gasteiger charge is -2.25. The third-order valence-corrected chi connectivity index (χ3v) is 4.58. The number of amides is 1. The summed E-state index contributed by atoms with van der Waals surface area (Å²) in [5.41, 5.74) is 7.70. The second kappa shape index (κ2) is 8.88. The molecule has 148 valence electrons. The number of rotatable bonds is 8. The van der Waals surface area contributed by atoms with Gasteiger partial charge in [-0.05, 0) is 42.0 Å². The Bertz CT molecular complexity index is 1000. The van der Waals surface area contributed by atoms with E-state index < -0.39 is 10.8 Å². The minimum atomic E-state index is -0.698. The van der Waals surface area contributed by atoms with Crippen LogP contribution < -0.4 is 15.4 Å². The lowest BCUT2D eigenvalue weighted by molar-refractivity contribution is -0.385. The molecule has 0 spiro atoms. The normalized spacial score (nSPS) is 10.4. The Morgan fingerprint density at radius 3 is 2.31 bits per heavy atom. The molecule has 0 radical (unpaired) electrons. The summed E-state index contributed by atoms with van der Waals surface area (Å²) in [6, 6.07) is 21.7. The number of anilines is 1. The van der Waals surface area contributed by atoms with E-state index in [9.17, 15) is 14.9 Å². The SMILES string of the molecule is COc1ccc(N(Cc2ccccc2)Cc2ccc(C(N)=O)cc2[N+](=O)[O-])cc1. The molecular weight excluding hydrogens is 370 g/mol. The number of benzene rings is 3. The Morgan fingerprint density at radius 1 is 1.03 bits per heavy atom. The average molecular weight is 391 g/mol. The van der Waals surface area contributed by atoms with E-state index in [1.807, 2.05) is 59.5 Å². The van der Waals surface area contributed by atoms with Crippen molar-refractivity contribution in [3.05, 3.63) is 99.6 Å². The molecule has 0 aliphatic rings. The Morgan fingerprint density at radius 2 is 1.72 bits per heavy atom. The first-order valence-corrected chi connectivity index (χ1v) is 8.98. The van der Waals surface area contributed by atoms with Crippen LogP contribution in [-0.4, -0.2) is 17.9 Å². The number of nitrogens with zero attached hydrogens (tertiary/aromatic N) is 2. The van der Waals surface area contributed by atoms with Crippen molar-refractivity contribution in [2.75, 3.05) is 12.0 Å². The van der Waals surface area contributed by atoms with Crippen molar-refractivity contribution >= 4 is 17.3 Å². The van der Waals surface area contributed by atoms with Crippen molar-refractivity contribution in [2.45, 2.75) is 13.1 Å². The average Bonchev–Trinajstić information content (AvgIpc) is 2.74. The highest BCUT2D eigenvalue weighted by molar-refractivity contribution is 5.93. The molecule has 29 heavy (non-hydrogen) atoms. The zero-order valence-corrected chi connectivity index (χ0v) is 15.9. The van der Waals surface area contributed by atoms with Crippen LogP contribution in [0.25, 0.3) is 0 Å². The summed E-state index contributed by atoms with van der Waals surface area (Å²) in [7, 11) is 1.60. The van der Waals surface area contributed by atoms with Crippen LogP contribution in [0.5, 0.6) is 5.75 Å². The number of carbonyl (C=O) groups excluding carboxylic acids is 1. The molecule has 1 amide bonds. The van der Waals surface area contributed by atoms with Crippen LogP contribution in [0.1, 0.15) is 21.5 Å². The van der Waals surface area contributed by atoms with E-state index in [4.69, 9.17) is 10.5 Å². The molecule has 0 saturated carbocycles. The van der Waals surface area contributed by atoms with Gasteiger partial charge in [0.15, 0.2) is 0 Å². The zero-order valence-electron chi connectivity index (χ0n) is 15.9. The fraction of sp³-hybridized carbons (Fsp3) is 0.136. The molecule has 0 saturated heterocycles. The predicted octanol–water partition coefficient (Wildman–Crippen LogP) is 3.91. The molecule has 0 atom stereocenters. The van der Waals surface area contributed by atoms with E-state index in [0.717, 1.165) is 17.0 Å². The predicted molar refractivity (Wildman–Crippen MR) is 111 cm³/mol. The standard InChI is InChI=1S/C22H21N3O4/c1-29-20-11-9-19(10-12-20)24(14-16-5-3-2-4-6-16)15-18-8-7-17(22(23)26)13-21(18)25(27)28/h2-13H,14-15H2,1H3,(H2,23,26). The molecule has 0 heterocycles. The number of hydrogen-bond acceptors (Lipinski definition) is 5. The number of nitro groups is 1. The van der Waals surface area contributed by atoms with Gasteiger partial charge in [0.25, 0.3) is 5.69 Å². The van der Waals surface area contributed by atoms with Crippen molar-refractivity contribution < 1.29 is 14.5 Å². The topological polar surface area (TPSA) is 98.7 Å². The Kier molecular flexibility index (Phi) is 6.09. The van der Waals surface area contributed by atoms with E-state index in [2.05, 4.69) is 0 Å². The van der Waals surface area contributed by atoms with Gasteiger partial charge in [-0.15, -0.1) is 0 Å². The first kappa shape index (κ1) is 19.9. The van der Waals surface area contributed by atoms with E-state index in [-0.39, 0.29) is 17.8 Å². The fourth-order valence-corrected chi connectivity index (χ4v) is 3.06. The maximum atomic E-state index is 11.6. The fourth-order valence-electron chi connectivity index (χ4n) is 3.06. The molecule has 7 heteroatoms. The molecule has 7 nitrogen and oxygen atoms in total. The van der Waals surface area contributed by atoms with Gasteiger partial charge in [0.05, 0.1) is 18.6 Å². The van der Waals surface area contributed by atoms with E-state index in [0.29, 0.717) is 12.1 Å². The van der Waals surface area contributed by atoms with Crippen LogP contribution in [0.2, 0.25) is 0 Å². The molecular formula is C22H21N3O4. The van der Waals surface area contributed by atoms with Crippen LogP contribution in [0.15, 0.2) is 72.8 Å². The van der Waals surface area contributed by atoms with Crippen molar-refractivity contribution in [2.24, 2.45) is 5.73 Å². The van der Waals surface area contributed by atoms with Gasteiger partial charge in [0, 0.05) is 29.4 Å². The molecule has 0 fully saturated rings. The Balaban J connectivity index is 1.98. The second-order valence-electron chi connectivity index (χ2n) is 6.50. The number of hydrogen-bond donors (Lipinski definition) is 1. The first-order chi connectivity index (χ1) is 14.0. The van der Waals surface area contributed by atoms with Gasteiger partial charge >= 0.3 is 0 Å². The summed E-state index contributed by atoms with van der Waals surface area (Å²) >= 11 is 0. The van der Waals surface area contributed by atoms with Crippen LogP contribution in [0.4, 0.5) is 11.4 Å². The monoisotopic (exact) mass is 391 g/mol. The Labute approximate surface area is 168 Å². The van der Waals surface area contributed by atoms with Crippen molar-refractivity contribution in [3.63, 3.8) is 0 Å². The van der Waals surface area contributed by atoms with E-state index in [1.165, 1.54) is 12.1 Å². The lowest BCUT2D eigenvalue weighted by atomic mass is 10.1. The smallest absolute Gasteiger partial charge is 0.275 e. The number of ether oxygens (including phenoxy) is 1. The van der Waals surface area contributed by atoms with Gasteiger partial charge in [-0.2, -0.15) is 0 Å². The quantitative estimate of drug-likeness (QED) is 0.464. The van der Waals surface area contributed by atoms with Gasteiger partial charge < -0.3 is 15.4 Å². The lowest BCUT2D eigenvalue weighted by Crippen LogP contribution is -2.23. The maximum absolute atomic E-state index is 11.6. The highest BCUT2D eigenvalue weighted by Crippen LogP contribution is 2.27. The van der Waals surface area contributed by atoms with Gasteiger partial charge in [-0.25, -0.2) is 0 Å². The molecule has 2 N–H and O–H groups in total. The molecule has 0 bridgehead atoms. The summed E-state index contributed by atoms with van der Waals surface area (Å²) in [6.07, 6.45) is 0. The summed E-state index contributed by atoms with van der Waals surface area (Å²) in [4.78, 5) is 24.5. The van der Waals surface area contributed by atoms with Crippen LogP contribution in [0.3, 0.4) is 0 Å². The molecule has 3 rings (SSSR count). The molecule has 0 aromatic heterocycles. The second-order valence-corrected chi connectivity index (χ2v) is 6.50. The number of methoxy groups -OCH3 is 1. The van der Waals surface area contributed by atoms with Crippen LogP contribution in [-0.2, 0) is 13.1 Å². The van der Waals surface area contributed by atoms with Crippen molar-refractivity contribution in [3.8, 4) is 5.75 Å². The highest BCUT2D eigenvalue weighted by atomic mass is 16.6. The third-order valence-electron chi connectivity index (χ3n) is 4.58. The van der Waals surface area contributed by atoms with Crippen LogP contribution in [0, 0.1) is 10.1 Å². The summed E-state index contributed by atoms with van der Waals surface area (Å²) < 4.78 is 5.22. The van der Waals surface area contributed by atoms with Gasteiger partial charge in [0.1, 0.15) is 5.75 Å². The highest BCUT2D eigenvalue weighted by Gasteiger charge is 2.19. The Hall–Kier alpha value is -3.87.